The molecule has 4 nitrogen and oxygen atoms in total. The molecule has 1 rings (SSSR count). The molecule has 0 spiro atoms. The van der Waals surface area contributed by atoms with Crippen molar-refractivity contribution in [1.29, 1.82) is 0 Å². The molecule has 0 saturated heterocycles. The lowest BCUT2D eigenvalue weighted by molar-refractivity contribution is -0.170. The van der Waals surface area contributed by atoms with Gasteiger partial charge in [0.2, 0.25) is 0 Å². The van der Waals surface area contributed by atoms with Crippen molar-refractivity contribution in [2.45, 2.75) is 39.5 Å². The Morgan fingerprint density at radius 3 is 2.29 bits per heavy atom. The lowest BCUT2D eigenvalue weighted by Crippen LogP contribution is -2.27. The number of carbonyl (C=O) groups is 2. The molecule has 0 saturated carbocycles. The van der Waals surface area contributed by atoms with Crippen LogP contribution >= 0.6 is 0 Å². The van der Waals surface area contributed by atoms with Gasteiger partial charge in [-0.05, 0) is 19.8 Å². The third-order valence-corrected chi connectivity index (χ3v) is 2.45. The predicted octanol–water partition coefficient (Wildman–Crippen LogP) is 1.64. The third-order valence-electron chi connectivity index (χ3n) is 2.45. The number of hydrogen-bond acceptors (Lipinski definition) is 3. The Morgan fingerprint density at radius 1 is 1.21 bits per heavy atom. The molecule has 0 radical (unpaired) electrons. The van der Waals surface area contributed by atoms with Gasteiger partial charge in [-0.1, -0.05) is 19.8 Å². The van der Waals surface area contributed by atoms with E-state index in [-0.39, 0.29) is 5.06 Å². The number of imide groups is 1. The van der Waals surface area contributed by atoms with Crippen LogP contribution in [0.3, 0.4) is 0 Å². The maximum atomic E-state index is 11.3. The number of hydroxylamine groups is 2. The zero-order chi connectivity index (χ0) is 10.7. The molecule has 0 atom stereocenters. The predicted molar refractivity (Wildman–Crippen MR) is 50.5 cm³/mol. The van der Waals surface area contributed by atoms with Crippen molar-refractivity contribution in [2.24, 2.45) is 0 Å². The van der Waals surface area contributed by atoms with E-state index in [1.165, 1.54) is 0 Å². The Kier molecular flexibility index (Phi) is 3.41. The van der Waals surface area contributed by atoms with Crippen LogP contribution in [0.2, 0.25) is 0 Å². The molecule has 1 aliphatic rings. The van der Waals surface area contributed by atoms with Gasteiger partial charge < -0.3 is 0 Å². The van der Waals surface area contributed by atoms with Crippen molar-refractivity contribution >= 4 is 11.8 Å². The van der Waals surface area contributed by atoms with Crippen LogP contribution in [0, 0.1) is 0 Å². The van der Waals surface area contributed by atoms with E-state index in [4.69, 9.17) is 5.21 Å². The zero-order valence-electron chi connectivity index (χ0n) is 8.54. The van der Waals surface area contributed by atoms with Crippen LogP contribution in [0.25, 0.3) is 0 Å². The van der Waals surface area contributed by atoms with Gasteiger partial charge in [0.1, 0.15) is 0 Å². The molecule has 1 aliphatic heterocycles. The molecule has 4 heteroatoms. The van der Waals surface area contributed by atoms with Gasteiger partial charge in [0.15, 0.2) is 0 Å². The lowest BCUT2D eigenvalue weighted by Gasteiger charge is -2.03. The van der Waals surface area contributed by atoms with Crippen LogP contribution < -0.4 is 0 Å². The molecule has 0 aromatic heterocycles. The first kappa shape index (κ1) is 10.9. The Balaban J connectivity index is 2.67. The van der Waals surface area contributed by atoms with Gasteiger partial charge in [-0.3, -0.25) is 14.8 Å². The summed E-state index contributed by atoms with van der Waals surface area (Å²) >= 11 is 0. The van der Waals surface area contributed by atoms with Crippen LogP contribution in [-0.4, -0.2) is 22.1 Å². The highest BCUT2D eigenvalue weighted by Crippen LogP contribution is 2.23. The van der Waals surface area contributed by atoms with Gasteiger partial charge in [0.25, 0.3) is 11.8 Å². The van der Waals surface area contributed by atoms with E-state index < -0.39 is 11.8 Å². The van der Waals surface area contributed by atoms with Crippen LogP contribution in [0.4, 0.5) is 0 Å². The van der Waals surface area contributed by atoms with Crippen molar-refractivity contribution in [2.75, 3.05) is 0 Å². The summed E-state index contributed by atoms with van der Waals surface area (Å²) < 4.78 is 0. The fourth-order valence-electron chi connectivity index (χ4n) is 1.51. The summed E-state index contributed by atoms with van der Waals surface area (Å²) in [5.41, 5.74) is 0.847. The molecule has 0 fully saturated rings. The Labute approximate surface area is 83.2 Å². The van der Waals surface area contributed by atoms with Gasteiger partial charge in [-0.15, -0.1) is 5.06 Å². The SMILES string of the molecule is CCCCCC1=C(C)C(=O)N(O)C1=O. The number of amides is 2. The maximum Gasteiger partial charge on any atom is 0.281 e. The minimum atomic E-state index is -0.582. The first-order valence-electron chi connectivity index (χ1n) is 4.87. The Morgan fingerprint density at radius 2 is 1.86 bits per heavy atom. The lowest BCUT2D eigenvalue weighted by atomic mass is 10.0. The standard InChI is InChI=1S/C10H15NO3/c1-3-4-5-6-8-7(2)9(12)11(14)10(8)13/h14H,3-6H2,1-2H3. The average molecular weight is 197 g/mol. The number of unbranched alkanes of at least 4 members (excludes halogenated alkanes) is 2. The molecule has 78 valence electrons. The van der Waals surface area contributed by atoms with E-state index in [1.54, 1.807) is 6.92 Å². The number of hydrogen-bond donors (Lipinski definition) is 1. The second-order valence-corrected chi connectivity index (χ2v) is 3.48. The summed E-state index contributed by atoms with van der Waals surface area (Å²) in [5.74, 6) is -1.13. The van der Waals surface area contributed by atoms with Crippen molar-refractivity contribution in [3.8, 4) is 0 Å². The first-order valence-corrected chi connectivity index (χ1v) is 4.87. The molecule has 0 aliphatic carbocycles. The van der Waals surface area contributed by atoms with Crippen LogP contribution in [-0.2, 0) is 9.59 Å². The highest BCUT2D eigenvalue weighted by Gasteiger charge is 2.34. The molecule has 1 N–H and O–H groups in total. The van der Waals surface area contributed by atoms with E-state index in [1.807, 2.05) is 0 Å². The molecule has 0 aromatic rings. The largest absolute Gasteiger partial charge is 0.281 e. The van der Waals surface area contributed by atoms with Crippen LogP contribution in [0.15, 0.2) is 11.1 Å². The fraction of sp³-hybridized carbons (Fsp3) is 0.600. The minimum Gasteiger partial charge on any atom is -0.278 e. The minimum absolute atomic E-state index is 0.205. The Hall–Kier alpha value is -1.16. The van der Waals surface area contributed by atoms with Crippen molar-refractivity contribution in [1.82, 2.24) is 5.06 Å². The summed E-state index contributed by atoms with van der Waals surface area (Å²) in [6, 6.07) is 0. The highest BCUT2D eigenvalue weighted by atomic mass is 16.5. The smallest absolute Gasteiger partial charge is 0.278 e. The normalized spacial score (nSPS) is 17.2. The van der Waals surface area contributed by atoms with Crippen molar-refractivity contribution in [3.05, 3.63) is 11.1 Å². The average Bonchev–Trinajstić information content (AvgIpc) is 2.35. The monoisotopic (exact) mass is 197 g/mol. The topological polar surface area (TPSA) is 57.6 Å². The van der Waals surface area contributed by atoms with Gasteiger partial charge in [0.05, 0.1) is 0 Å². The summed E-state index contributed by atoms with van der Waals surface area (Å²) in [7, 11) is 0. The van der Waals surface area contributed by atoms with Gasteiger partial charge in [-0.25, -0.2) is 0 Å². The zero-order valence-corrected chi connectivity index (χ0v) is 8.54. The molecule has 1 heterocycles. The summed E-state index contributed by atoms with van der Waals surface area (Å²) in [6.07, 6.45) is 3.57. The van der Waals surface area contributed by atoms with E-state index in [9.17, 15) is 9.59 Å². The molecular formula is C10H15NO3. The Bertz CT molecular complexity index is 294. The number of nitrogens with zero attached hydrogens (tertiary/aromatic N) is 1. The maximum absolute atomic E-state index is 11.3. The van der Waals surface area contributed by atoms with E-state index in [0.29, 0.717) is 17.6 Å². The molecular weight excluding hydrogens is 182 g/mol. The number of rotatable bonds is 4. The van der Waals surface area contributed by atoms with Crippen LogP contribution in [0.5, 0.6) is 0 Å². The van der Waals surface area contributed by atoms with Gasteiger partial charge in [0, 0.05) is 11.1 Å². The van der Waals surface area contributed by atoms with Gasteiger partial charge in [-0.2, -0.15) is 0 Å². The second-order valence-electron chi connectivity index (χ2n) is 3.48. The van der Waals surface area contributed by atoms with Crippen molar-refractivity contribution in [3.63, 3.8) is 0 Å². The summed E-state index contributed by atoms with van der Waals surface area (Å²) in [4.78, 5) is 22.5. The van der Waals surface area contributed by atoms with E-state index >= 15 is 0 Å². The molecule has 0 bridgehead atoms. The van der Waals surface area contributed by atoms with E-state index in [2.05, 4.69) is 6.92 Å². The molecule has 0 unspecified atom stereocenters. The third kappa shape index (κ3) is 1.85. The second kappa shape index (κ2) is 4.37. The number of carbonyl (C=O) groups excluding carboxylic acids is 2. The van der Waals surface area contributed by atoms with Crippen molar-refractivity contribution < 1.29 is 14.8 Å². The van der Waals surface area contributed by atoms with E-state index in [0.717, 1.165) is 19.3 Å². The summed E-state index contributed by atoms with van der Waals surface area (Å²) in [5, 5.41) is 9.26. The molecule has 14 heavy (non-hydrogen) atoms. The molecule has 0 aromatic carbocycles. The first-order chi connectivity index (χ1) is 6.59. The summed E-state index contributed by atoms with van der Waals surface area (Å²) in [6.45, 7) is 3.65. The fourth-order valence-corrected chi connectivity index (χ4v) is 1.51. The molecule has 2 amide bonds. The van der Waals surface area contributed by atoms with Gasteiger partial charge >= 0.3 is 0 Å². The quantitative estimate of drug-likeness (QED) is 0.423. The highest BCUT2D eigenvalue weighted by molar-refractivity contribution is 6.17. The van der Waals surface area contributed by atoms with Crippen LogP contribution in [0.1, 0.15) is 39.5 Å².